The van der Waals surface area contributed by atoms with Crippen LogP contribution < -0.4 is 32.2 Å². The monoisotopic (exact) mass is 564 g/mol. The molecule has 4 heterocycles. The van der Waals surface area contributed by atoms with Crippen LogP contribution in [0.15, 0.2) is 52.4 Å². The number of guanidine groups is 2. The van der Waals surface area contributed by atoms with Crippen LogP contribution in [0.3, 0.4) is 0 Å². The number of hydrogen-bond donors (Lipinski definition) is 6. The van der Waals surface area contributed by atoms with Crippen molar-refractivity contribution in [2.45, 2.75) is 55.6 Å². The number of nitrogens with two attached hydrogens (primary N) is 2. The van der Waals surface area contributed by atoms with Crippen molar-refractivity contribution in [2.75, 3.05) is 19.7 Å². The number of carbonyl (C=O) groups excluding carboxylic acids is 2. The van der Waals surface area contributed by atoms with Crippen molar-refractivity contribution < 1.29 is 23.8 Å². The summed E-state index contributed by atoms with van der Waals surface area (Å²) in [6.07, 6.45) is -0.366. The number of hydrogen-bond acceptors (Lipinski definition) is 10. The topological polar surface area (TPSA) is 180 Å². The molecule has 2 amide bonds. The van der Waals surface area contributed by atoms with Gasteiger partial charge in [-0.3, -0.25) is 9.59 Å². The fraction of sp³-hybridized carbons (Fsp3) is 0.429. The highest BCUT2D eigenvalue weighted by Crippen LogP contribution is 2.42. The zero-order valence-electron chi connectivity index (χ0n) is 22.7. The number of carbonyl (C=O) groups is 2. The molecule has 2 aromatic rings. The molecule has 1 saturated heterocycles. The number of fused-ring (bicyclic) bond motifs is 1. The SMILES string of the molecule is CC1(C)CCOc2c(C(=O)NC3CN4C(N)=N[C@@H](CNC(=O)c5cccc(F)c5)C5N=C(N)NC54[C@@H]3O)cccc21. The molecule has 1 spiro atoms. The van der Waals surface area contributed by atoms with Gasteiger partial charge in [0.2, 0.25) is 0 Å². The van der Waals surface area contributed by atoms with E-state index in [1.54, 1.807) is 11.0 Å². The van der Waals surface area contributed by atoms with Crippen LogP contribution in [0.1, 0.15) is 46.5 Å². The number of ether oxygens (including phenoxy) is 1. The number of halogens is 1. The van der Waals surface area contributed by atoms with Crippen molar-refractivity contribution in [2.24, 2.45) is 21.5 Å². The van der Waals surface area contributed by atoms with Gasteiger partial charge in [-0.1, -0.05) is 32.0 Å². The smallest absolute Gasteiger partial charge is 0.255 e. The quantitative estimate of drug-likeness (QED) is 0.288. The number of aliphatic hydroxyl groups is 1. The number of rotatable bonds is 5. The summed E-state index contributed by atoms with van der Waals surface area (Å²) in [6.45, 7) is 4.87. The zero-order chi connectivity index (χ0) is 29.1. The van der Waals surface area contributed by atoms with Gasteiger partial charge >= 0.3 is 0 Å². The van der Waals surface area contributed by atoms with Crippen molar-refractivity contribution in [1.82, 2.24) is 20.9 Å². The molecule has 0 aliphatic carbocycles. The average molecular weight is 565 g/mol. The molecule has 3 unspecified atom stereocenters. The first-order chi connectivity index (χ1) is 19.5. The van der Waals surface area contributed by atoms with E-state index in [2.05, 4.69) is 39.8 Å². The number of nitrogens with zero attached hydrogens (tertiary/aromatic N) is 3. The first kappa shape index (κ1) is 26.8. The van der Waals surface area contributed by atoms with Gasteiger partial charge in [-0.05, 0) is 36.1 Å². The lowest BCUT2D eigenvalue weighted by Gasteiger charge is -2.46. The lowest BCUT2D eigenvalue weighted by atomic mass is 9.79. The number of para-hydroxylation sites is 1. The van der Waals surface area contributed by atoms with E-state index in [0.717, 1.165) is 18.1 Å². The Bertz CT molecular complexity index is 1480. The van der Waals surface area contributed by atoms with E-state index in [-0.39, 0.29) is 36.0 Å². The Labute approximate surface area is 236 Å². The summed E-state index contributed by atoms with van der Waals surface area (Å²) in [5.41, 5.74) is 12.5. The third-order valence-electron chi connectivity index (χ3n) is 8.49. The van der Waals surface area contributed by atoms with E-state index in [4.69, 9.17) is 16.2 Å². The predicted molar refractivity (Wildman–Crippen MR) is 149 cm³/mol. The van der Waals surface area contributed by atoms with E-state index in [0.29, 0.717) is 17.9 Å². The van der Waals surface area contributed by atoms with Crippen LogP contribution >= 0.6 is 0 Å². The Morgan fingerprint density at radius 3 is 2.76 bits per heavy atom. The lowest BCUT2D eigenvalue weighted by Crippen LogP contribution is -2.73. The molecule has 2 aromatic carbocycles. The highest BCUT2D eigenvalue weighted by molar-refractivity contribution is 5.98. The molecule has 6 rings (SSSR count). The van der Waals surface area contributed by atoms with Crippen LogP contribution in [-0.2, 0) is 5.41 Å². The van der Waals surface area contributed by atoms with Crippen molar-refractivity contribution in [3.8, 4) is 5.75 Å². The summed E-state index contributed by atoms with van der Waals surface area (Å²) in [5.74, 6) is -0.696. The number of amides is 2. The fourth-order valence-electron chi connectivity index (χ4n) is 6.33. The molecule has 12 nitrogen and oxygen atoms in total. The Hall–Kier alpha value is -4.39. The molecule has 0 radical (unpaired) electrons. The second-order valence-electron chi connectivity index (χ2n) is 11.5. The van der Waals surface area contributed by atoms with Crippen LogP contribution in [0.5, 0.6) is 5.75 Å². The minimum Gasteiger partial charge on any atom is -0.492 e. The van der Waals surface area contributed by atoms with Crippen LogP contribution in [0.2, 0.25) is 0 Å². The summed E-state index contributed by atoms with van der Waals surface area (Å²) in [6, 6.07) is 8.62. The average Bonchev–Trinajstić information content (AvgIpc) is 3.43. The van der Waals surface area contributed by atoms with E-state index in [1.807, 2.05) is 12.1 Å². The van der Waals surface area contributed by atoms with E-state index < -0.39 is 47.5 Å². The number of benzene rings is 2. The highest BCUT2D eigenvalue weighted by atomic mass is 19.1. The predicted octanol–water partition coefficient (Wildman–Crippen LogP) is -0.230. The molecule has 216 valence electrons. The summed E-state index contributed by atoms with van der Waals surface area (Å²) in [4.78, 5) is 36.9. The maximum atomic E-state index is 13.6. The number of aliphatic imine (C=N–C) groups is 2. The summed E-state index contributed by atoms with van der Waals surface area (Å²) >= 11 is 0. The second-order valence-corrected chi connectivity index (χ2v) is 11.5. The molecule has 1 fully saturated rings. The number of aliphatic hydroxyl groups excluding tert-OH is 1. The van der Waals surface area contributed by atoms with Crippen molar-refractivity contribution in [3.63, 3.8) is 0 Å². The maximum absolute atomic E-state index is 13.6. The minimum atomic E-state index is -1.29. The van der Waals surface area contributed by atoms with Gasteiger partial charge in [-0.25, -0.2) is 14.4 Å². The third-order valence-corrected chi connectivity index (χ3v) is 8.49. The van der Waals surface area contributed by atoms with Crippen molar-refractivity contribution in [1.29, 1.82) is 0 Å². The Balaban J connectivity index is 1.23. The Morgan fingerprint density at radius 1 is 1.20 bits per heavy atom. The van der Waals surface area contributed by atoms with Crippen LogP contribution in [0, 0.1) is 5.82 Å². The van der Waals surface area contributed by atoms with Gasteiger partial charge in [0.1, 0.15) is 23.7 Å². The van der Waals surface area contributed by atoms with Gasteiger partial charge in [0.25, 0.3) is 11.8 Å². The molecular weight excluding hydrogens is 531 g/mol. The van der Waals surface area contributed by atoms with Gasteiger partial charge in [-0.15, -0.1) is 0 Å². The number of nitrogens with one attached hydrogen (secondary N) is 3. The second kappa shape index (κ2) is 9.61. The van der Waals surface area contributed by atoms with Gasteiger partial charge in [0, 0.05) is 24.2 Å². The van der Waals surface area contributed by atoms with Crippen molar-refractivity contribution >= 4 is 23.7 Å². The lowest BCUT2D eigenvalue weighted by molar-refractivity contribution is 0.0143. The molecule has 5 atom stereocenters. The Morgan fingerprint density at radius 2 is 1.98 bits per heavy atom. The normalized spacial score (nSPS) is 29.1. The van der Waals surface area contributed by atoms with Gasteiger partial charge < -0.3 is 42.2 Å². The van der Waals surface area contributed by atoms with E-state index in [9.17, 15) is 19.1 Å². The van der Waals surface area contributed by atoms with E-state index >= 15 is 0 Å². The van der Waals surface area contributed by atoms with Crippen LogP contribution in [-0.4, -0.2) is 83.3 Å². The van der Waals surface area contributed by atoms with E-state index in [1.165, 1.54) is 18.2 Å². The van der Waals surface area contributed by atoms with Crippen LogP contribution in [0.25, 0.3) is 0 Å². The minimum absolute atomic E-state index is 0.00177. The molecule has 41 heavy (non-hydrogen) atoms. The largest absolute Gasteiger partial charge is 0.492 e. The molecule has 0 saturated carbocycles. The maximum Gasteiger partial charge on any atom is 0.255 e. The molecule has 8 N–H and O–H groups in total. The van der Waals surface area contributed by atoms with Gasteiger partial charge in [-0.2, -0.15) is 0 Å². The molecule has 13 heteroatoms. The third kappa shape index (κ3) is 4.31. The standard InChI is InChI=1S/C28H33FN8O4/c1-27(2)9-10-41-20-16(7-4-8-17(20)27)24(40)33-19-13-37-26(31)34-18(21-28(37,22(19)38)36-25(30)35-21)12-32-23(39)14-5-3-6-15(29)11-14/h3-8,11,18-19,21-22,38H,9-10,12-13H2,1-2H3,(H2,31,34)(H,32,39)(H,33,40)(H3,30,35,36)/t18-,19?,21?,22+,28?/m0/s1. The van der Waals surface area contributed by atoms with Gasteiger partial charge in [0.05, 0.1) is 24.3 Å². The summed E-state index contributed by atoms with van der Waals surface area (Å²) < 4.78 is 19.5. The molecule has 0 bridgehead atoms. The highest BCUT2D eigenvalue weighted by Gasteiger charge is 2.65. The van der Waals surface area contributed by atoms with Gasteiger partial charge in [0.15, 0.2) is 17.6 Å². The van der Waals surface area contributed by atoms with Crippen LogP contribution in [0.4, 0.5) is 4.39 Å². The molecular formula is C28H33FN8O4. The summed E-state index contributed by atoms with van der Waals surface area (Å²) in [7, 11) is 0. The first-order valence-electron chi connectivity index (χ1n) is 13.5. The first-order valence-corrected chi connectivity index (χ1v) is 13.5. The zero-order valence-corrected chi connectivity index (χ0v) is 22.7. The molecule has 4 aliphatic heterocycles. The molecule has 0 aromatic heterocycles. The fourth-order valence-corrected chi connectivity index (χ4v) is 6.33. The molecule has 4 aliphatic rings. The summed E-state index contributed by atoms with van der Waals surface area (Å²) in [5, 5.41) is 20.5. The Kier molecular flexibility index (Phi) is 6.29. The van der Waals surface area contributed by atoms with Crippen molar-refractivity contribution in [3.05, 3.63) is 65.0 Å².